The minimum Gasteiger partial charge on any atom is -0.376 e. The third-order valence-electron chi connectivity index (χ3n) is 4.07. The third-order valence-corrected chi connectivity index (χ3v) is 4.39. The molecule has 0 bridgehead atoms. The molecule has 3 rings (SSSR count). The monoisotopic (exact) mass is 345 g/mol. The Morgan fingerprint density at radius 2 is 2.38 bits per heavy atom. The molecule has 0 unspecified atom stereocenters. The molecule has 1 aliphatic heterocycles. The summed E-state index contributed by atoms with van der Waals surface area (Å²) in [4.78, 5) is 27.7. The highest BCUT2D eigenvalue weighted by molar-refractivity contribution is 7.71. The fourth-order valence-corrected chi connectivity index (χ4v) is 3.07. The maximum Gasteiger partial charge on any atom is 0.262 e. The van der Waals surface area contributed by atoms with E-state index in [1.807, 2.05) is 0 Å². The van der Waals surface area contributed by atoms with Crippen molar-refractivity contribution in [3.63, 3.8) is 0 Å². The van der Waals surface area contributed by atoms with Crippen LogP contribution in [-0.4, -0.2) is 34.7 Å². The molecule has 24 heavy (non-hydrogen) atoms. The fraction of sp³-hybridized carbons (Fsp3) is 0.353. The van der Waals surface area contributed by atoms with Gasteiger partial charge in [0.2, 0.25) is 0 Å². The maximum atomic E-state index is 12.4. The molecule has 0 saturated carbocycles. The lowest BCUT2D eigenvalue weighted by Crippen LogP contribution is -2.31. The molecule has 1 fully saturated rings. The van der Waals surface area contributed by atoms with E-state index in [2.05, 4.69) is 16.9 Å². The van der Waals surface area contributed by atoms with Crippen molar-refractivity contribution in [3.05, 3.63) is 51.5 Å². The molecular weight excluding hydrogens is 326 g/mol. The molecule has 2 aromatic rings. The van der Waals surface area contributed by atoms with E-state index in [0.29, 0.717) is 34.3 Å². The Balaban J connectivity index is 1.86. The van der Waals surface area contributed by atoms with Crippen molar-refractivity contribution in [2.24, 2.45) is 0 Å². The number of allylic oxidation sites excluding steroid dienone is 1. The Hall–Kier alpha value is -2.25. The zero-order valence-corrected chi connectivity index (χ0v) is 14.0. The summed E-state index contributed by atoms with van der Waals surface area (Å²) >= 11 is 5.21. The quantitative estimate of drug-likeness (QED) is 0.643. The van der Waals surface area contributed by atoms with Gasteiger partial charge in [-0.15, -0.1) is 6.58 Å². The Morgan fingerprint density at radius 1 is 1.54 bits per heavy atom. The molecule has 126 valence electrons. The van der Waals surface area contributed by atoms with Gasteiger partial charge in [-0.1, -0.05) is 6.08 Å². The first kappa shape index (κ1) is 16.6. The van der Waals surface area contributed by atoms with Crippen LogP contribution in [0.25, 0.3) is 10.9 Å². The van der Waals surface area contributed by atoms with E-state index < -0.39 is 0 Å². The lowest BCUT2D eigenvalue weighted by atomic mass is 10.1. The molecular formula is C17H19N3O3S. The van der Waals surface area contributed by atoms with E-state index in [1.54, 1.807) is 24.3 Å². The van der Waals surface area contributed by atoms with Crippen molar-refractivity contribution in [2.45, 2.75) is 25.5 Å². The number of rotatable bonds is 5. The van der Waals surface area contributed by atoms with Gasteiger partial charge in [0.15, 0.2) is 4.77 Å². The smallest absolute Gasteiger partial charge is 0.262 e. The van der Waals surface area contributed by atoms with Crippen LogP contribution in [0.3, 0.4) is 0 Å². The van der Waals surface area contributed by atoms with Gasteiger partial charge in [0.1, 0.15) is 0 Å². The van der Waals surface area contributed by atoms with Gasteiger partial charge in [-0.3, -0.25) is 14.2 Å². The van der Waals surface area contributed by atoms with E-state index in [0.717, 1.165) is 19.4 Å². The number of aromatic amines is 1. The van der Waals surface area contributed by atoms with Crippen LogP contribution in [0, 0.1) is 4.77 Å². The number of aromatic nitrogens is 2. The zero-order chi connectivity index (χ0) is 17.1. The van der Waals surface area contributed by atoms with Gasteiger partial charge in [-0.25, -0.2) is 0 Å². The molecule has 0 spiro atoms. The number of fused-ring (bicyclic) bond motifs is 1. The van der Waals surface area contributed by atoms with Crippen LogP contribution >= 0.6 is 12.2 Å². The number of carbonyl (C=O) groups excluding carboxylic acids is 1. The molecule has 0 radical (unpaired) electrons. The van der Waals surface area contributed by atoms with Gasteiger partial charge in [0.25, 0.3) is 11.5 Å². The second-order valence-corrected chi connectivity index (χ2v) is 6.13. The predicted molar refractivity (Wildman–Crippen MR) is 94.9 cm³/mol. The summed E-state index contributed by atoms with van der Waals surface area (Å²) in [6, 6.07) is 4.93. The lowest BCUT2D eigenvalue weighted by Gasteiger charge is -2.11. The van der Waals surface area contributed by atoms with Crippen molar-refractivity contribution >= 4 is 29.0 Å². The van der Waals surface area contributed by atoms with Gasteiger partial charge < -0.3 is 15.0 Å². The highest BCUT2D eigenvalue weighted by atomic mass is 32.1. The number of hydrogen-bond acceptors (Lipinski definition) is 4. The molecule has 7 heteroatoms. The summed E-state index contributed by atoms with van der Waals surface area (Å²) in [7, 11) is 0. The second-order valence-electron chi connectivity index (χ2n) is 5.74. The van der Waals surface area contributed by atoms with Gasteiger partial charge in [-0.05, 0) is 43.3 Å². The predicted octanol–water partition coefficient (Wildman–Crippen LogP) is 2.15. The Labute approximate surface area is 144 Å². The summed E-state index contributed by atoms with van der Waals surface area (Å²) in [6.45, 7) is 5.21. The van der Waals surface area contributed by atoms with Crippen molar-refractivity contribution in [2.75, 3.05) is 13.2 Å². The largest absolute Gasteiger partial charge is 0.376 e. The van der Waals surface area contributed by atoms with Crippen molar-refractivity contribution in [1.82, 2.24) is 14.9 Å². The van der Waals surface area contributed by atoms with Crippen molar-refractivity contribution < 1.29 is 9.53 Å². The van der Waals surface area contributed by atoms with E-state index in [-0.39, 0.29) is 17.6 Å². The number of amides is 1. The Bertz CT molecular complexity index is 894. The average Bonchev–Trinajstić information content (AvgIpc) is 3.09. The van der Waals surface area contributed by atoms with Crippen LogP contribution in [0.15, 0.2) is 35.6 Å². The van der Waals surface area contributed by atoms with Crippen LogP contribution < -0.4 is 10.9 Å². The first-order chi connectivity index (χ1) is 11.6. The topological polar surface area (TPSA) is 76.1 Å². The second kappa shape index (κ2) is 7.11. The van der Waals surface area contributed by atoms with Gasteiger partial charge in [0.05, 0.1) is 17.0 Å². The maximum absolute atomic E-state index is 12.4. The molecule has 1 saturated heterocycles. The van der Waals surface area contributed by atoms with Crippen LogP contribution in [0.5, 0.6) is 0 Å². The van der Waals surface area contributed by atoms with E-state index >= 15 is 0 Å². The van der Waals surface area contributed by atoms with Crippen molar-refractivity contribution in [3.8, 4) is 0 Å². The Morgan fingerprint density at radius 3 is 3.08 bits per heavy atom. The third kappa shape index (κ3) is 3.32. The standard InChI is InChI=1S/C17H19N3O3S/c1-2-7-20-16(22)13-6-5-11(9-14(13)19-17(20)24)15(21)18-10-12-4-3-8-23-12/h2,5-6,9,12H,1,3-4,7-8,10H2,(H,18,21)(H,19,24)/t12-/m1/s1. The number of benzene rings is 1. The highest BCUT2D eigenvalue weighted by Crippen LogP contribution is 2.13. The van der Waals surface area contributed by atoms with Crippen LogP contribution in [0.1, 0.15) is 23.2 Å². The molecule has 2 heterocycles. The SMILES string of the molecule is C=CCn1c(=S)[nH]c2cc(C(=O)NC[C@H]3CCCO3)ccc2c1=O. The molecule has 1 aliphatic rings. The van der Waals surface area contributed by atoms with Gasteiger partial charge in [0, 0.05) is 25.3 Å². The minimum atomic E-state index is -0.194. The molecule has 1 atom stereocenters. The Kier molecular flexibility index (Phi) is 4.92. The molecule has 1 amide bonds. The van der Waals surface area contributed by atoms with E-state index in [9.17, 15) is 9.59 Å². The number of hydrogen-bond donors (Lipinski definition) is 2. The lowest BCUT2D eigenvalue weighted by molar-refractivity contribution is 0.0858. The first-order valence-corrected chi connectivity index (χ1v) is 8.28. The highest BCUT2D eigenvalue weighted by Gasteiger charge is 2.17. The summed E-state index contributed by atoms with van der Waals surface area (Å²) in [6.07, 6.45) is 3.70. The van der Waals surface area contributed by atoms with E-state index in [4.69, 9.17) is 17.0 Å². The number of ether oxygens (including phenoxy) is 1. The van der Waals surface area contributed by atoms with E-state index in [1.165, 1.54) is 4.57 Å². The average molecular weight is 345 g/mol. The number of nitrogens with one attached hydrogen (secondary N) is 2. The summed E-state index contributed by atoms with van der Waals surface area (Å²) < 4.78 is 7.23. The molecule has 6 nitrogen and oxygen atoms in total. The first-order valence-electron chi connectivity index (χ1n) is 7.87. The normalized spacial score (nSPS) is 17.1. The molecule has 2 N–H and O–H groups in total. The summed E-state index contributed by atoms with van der Waals surface area (Å²) in [5.74, 6) is -0.193. The van der Waals surface area contributed by atoms with Gasteiger partial charge in [-0.2, -0.15) is 0 Å². The van der Waals surface area contributed by atoms with Crippen LogP contribution in [0.2, 0.25) is 0 Å². The minimum absolute atomic E-state index is 0.0892. The fourth-order valence-electron chi connectivity index (χ4n) is 2.80. The number of carbonyl (C=O) groups is 1. The zero-order valence-electron chi connectivity index (χ0n) is 13.2. The van der Waals surface area contributed by atoms with Crippen molar-refractivity contribution in [1.29, 1.82) is 0 Å². The molecule has 1 aromatic heterocycles. The van der Waals surface area contributed by atoms with Gasteiger partial charge >= 0.3 is 0 Å². The number of H-pyrrole nitrogens is 1. The summed E-state index contributed by atoms with van der Waals surface area (Å²) in [5.41, 5.74) is 0.835. The number of nitrogens with zero attached hydrogens (tertiary/aromatic N) is 1. The van der Waals surface area contributed by atoms with Crippen LogP contribution in [0.4, 0.5) is 0 Å². The molecule has 1 aromatic carbocycles. The molecule has 0 aliphatic carbocycles. The van der Waals surface area contributed by atoms with Crippen LogP contribution in [-0.2, 0) is 11.3 Å². The summed E-state index contributed by atoms with van der Waals surface area (Å²) in [5, 5.41) is 3.35.